The van der Waals surface area contributed by atoms with E-state index in [-0.39, 0.29) is 11.3 Å². The van der Waals surface area contributed by atoms with Crippen molar-refractivity contribution in [2.24, 2.45) is 0 Å². The summed E-state index contributed by atoms with van der Waals surface area (Å²) in [5.41, 5.74) is 8.50. The molecule has 5 aromatic rings. The van der Waals surface area contributed by atoms with Crippen LogP contribution in [0.1, 0.15) is 21.5 Å². The average molecular weight is 574 g/mol. The maximum Gasteiger partial charge on any atom is 0.418 e. The second kappa shape index (κ2) is 10.8. The van der Waals surface area contributed by atoms with Crippen molar-refractivity contribution in [3.8, 4) is 17.1 Å². The third-order valence-electron chi connectivity index (χ3n) is 7.18. The van der Waals surface area contributed by atoms with Crippen LogP contribution in [0.25, 0.3) is 28.0 Å². The van der Waals surface area contributed by atoms with Gasteiger partial charge in [0, 0.05) is 59.4 Å². The molecule has 1 amide bonds. The van der Waals surface area contributed by atoms with Crippen molar-refractivity contribution in [1.82, 2.24) is 19.5 Å². The fourth-order valence-electron chi connectivity index (χ4n) is 5.03. The Balaban J connectivity index is 1.30. The van der Waals surface area contributed by atoms with Gasteiger partial charge in [0.1, 0.15) is 18.0 Å². The summed E-state index contributed by atoms with van der Waals surface area (Å²) < 4.78 is 49.1. The van der Waals surface area contributed by atoms with Crippen LogP contribution in [0.4, 0.5) is 30.4 Å². The van der Waals surface area contributed by atoms with E-state index in [0.717, 1.165) is 28.1 Å². The summed E-state index contributed by atoms with van der Waals surface area (Å²) in [7, 11) is 0. The van der Waals surface area contributed by atoms with Gasteiger partial charge >= 0.3 is 6.18 Å². The molecule has 6 rings (SSSR count). The number of alkyl halides is 3. The van der Waals surface area contributed by atoms with Crippen molar-refractivity contribution in [2.75, 3.05) is 42.3 Å². The molecule has 0 radical (unpaired) electrons. The van der Waals surface area contributed by atoms with E-state index in [9.17, 15) is 18.0 Å². The smallest absolute Gasteiger partial charge is 0.384 e. The number of ether oxygens (including phenoxy) is 1. The summed E-state index contributed by atoms with van der Waals surface area (Å²) in [5, 5.41) is 3.63. The molecule has 1 aliphatic heterocycles. The topological polar surface area (TPSA) is 111 Å². The van der Waals surface area contributed by atoms with Gasteiger partial charge in [-0.1, -0.05) is 6.07 Å². The van der Waals surface area contributed by atoms with E-state index in [1.54, 1.807) is 29.3 Å². The predicted octanol–water partition coefficient (Wildman–Crippen LogP) is 5.48. The monoisotopic (exact) mass is 573 g/mol. The van der Waals surface area contributed by atoms with E-state index in [1.165, 1.54) is 18.5 Å². The Kier molecular flexibility index (Phi) is 6.99. The molecular weight excluding hydrogens is 547 g/mol. The number of morpholine rings is 1. The second-order valence-corrected chi connectivity index (χ2v) is 9.93. The van der Waals surface area contributed by atoms with Gasteiger partial charge < -0.3 is 25.3 Å². The highest BCUT2D eigenvalue weighted by atomic mass is 19.4. The number of aryl methyl sites for hydroxylation is 1. The number of nitrogen functional groups attached to an aromatic ring is 1. The van der Waals surface area contributed by atoms with Gasteiger partial charge in [-0.25, -0.2) is 9.97 Å². The normalized spacial score (nSPS) is 13.9. The molecule has 1 saturated heterocycles. The molecule has 2 aromatic carbocycles. The third-order valence-corrected chi connectivity index (χ3v) is 7.18. The number of nitrogens with zero attached hydrogens (tertiary/aromatic N) is 5. The number of nitrogens with one attached hydrogen (secondary N) is 1. The average Bonchev–Trinajstić information content (AvgIpc) is 3.41. The molecular formula is C30H26F3N7O2. The van der Waals surface area contributed by atoms with E-state index in [0.29, 0.717) is 49.3 Å². The van der Waals surface area contributed by atoms with Gasteiger partial charge in [-0.3, -0.25) is 9.78 Å². The van der Waals surface area contributed by atoms with Crippen molar-refractivity contribution in [3.05, 3.63) is 90.0 Å². The van der Waals surface area contributed by atoms with Gasteiger partial charge in [-0.05, 0) is 55.0 Å². The number of anilines is 3. The lowest BCUT2D eigenvalue weighted by Crippen LogP contribution is -2.37. The second-order valence-electron chi connectivity index (χ2n) is 9.93. The Morgan fingerprint density at radius 1 is 1.00 bits per heavy atom. The SMILES string of the molecule is Cc1ccc(NC(=O)c2ccc(N3CCOCC3)c(C(F)(F)F)c2)cc1-c1cc2c(ccn2-c2cc(N)ncn2)cn1. The van der Waals surface area contributed by atoms with Crippen LogP contribution in [0, 0.1) is 6.92 Å². The lowest BCUT2D eigenvalue weighted by molar-refractivity contribution is -0.137. The number of benzene rings is 2. The summed E-state index contributed by atoms with van der Waals surface area (Å²) in [5.74, 6) is 0.293. The zero-order valence-electron chi connectivity index (χ0n) is 22.5. The highest BCUT2D eigenvalue weighted by Gasteiger charge is 2.36. The van der Waals surface area contributed by atoms with Crippen LogP contribution in [0.2, 0.25) is 0 Å². The van der Waals surface area contributed by atoms with E-state index < -0.39 is 17.6 Å². The van der Waals surface area contributed by atoms with E-state index in [1.807, 2.05) is 35.9 Å². The van der Waals surface area contributed by atoms with Crippen molar-refractivity contribution in [1.29, 1.82) is 0 Å². The highest BCUT2D eigenvalue weighted by Crippen LogP contribution is 2.38. The summed E-state index contributed by atoms with van der Waals surface area (Å²) in [4.78, 5) is 27.6. The summed E-state index contributed by atoms with van der Waals surface area (Å²) >= 11 is 0. The number of carbonyl (C=O) groups is 1. The van der Waals surface area contributed by atoms with Gasteiger partial charge in [-0.2, -0.15) is 13.2 Å². The zero-order valence-corrected chi connectivity index (χ0v) is 22.5. The number of nitrogens with two attached hydrogens (primary N) is 1. The van der Waals surface area contributed by atoms with Gasteiger partial charge in [0.2, 0.25) is 0 Å². The minimum atomic E-state index is -4.62. The Hall–Kier alpha value is -4.97. The van der Waals surface area contributed by atoms with Gasteiger partial charge in [0.05, 0.1) is 30.0 Å². The van der Waals surface area contributed by atoms with Crippen LogP contribution in [0.5, 0.6) is 0 Å². The first-order valence-corrected chi connectivity index (χ1v) is 13.2. The predicted molar refractivity (Wildman–Crippen MR) is 154 cm³/mol. The molecule has 1 aliphatic rings. The molecule has 12 heteroatoms. The largest absolute Gasteiger partial charge is 0.418 e. The number of fused-ring (bicyclic) bond motifs is 1. The van der Waals surface area contributed by atoms with Crippen LogP contribution in [0.15, 0.2) is 73.3 Å². The molecule has 0 unspecified atom stereocenters. The number of pyridine rings is 1. The maximum absolute atomic E-state index is 14.0. The minimum Gasteiger partial charge on any atom is -0.384 e. The molecule has 42 heavy (non-hydrogen) atoms. The number of halogens is 3. The number of rotatable bonds is 5. The Bertz CT molecular complexity index is 1800. The maximum atomic E-state index is 14.0. The van der Waals surface area contributed by atoms with Crippen LogP contribution in [-0.4, -0.2) is 51.7 Å². The van der Waals surface area contributed by atoms with Crippen LogP contribution in [0.3, 0.4) is 0 Å². The molecule has 3 N–H and O–H groups in total. The van der Waals surface area contributed by atoms with Crippen LogP contribution >= 0.6 is 0 Å². The number of carbonyl (C=O) groups excluding carboxylic acids is 1. The van der Waals surface area contributed by atoms with Crippen LogP contribution < -0.4 is 16.0 Å². The first kappa shape index (κ1) is 27.2. The summed E-state index contributed by atoms with van der Waals surface area (Å²) in [6.07, 6.45) is 0.370. The van der Waals surface area contributed by atoms with Gasteiger partial charge in [-0.15, -0.1) is 0 Å². The zero-order chi connectivity index (χ0) is 29.4. The standard InChI is InChI=1S/C30H26F3N7O2/c1-18-2-4-21(38-29(41)19-3-5-25(23(12-19)30(31,32)33)39-8-10-42-11-9-39)13-22(18)24-14-26-20(16-35-24)6-7-40(26)28-15-27(34)36-17-37-28/h2-7,12-17H,8-11H2,1H3,(H,38,41)(H2,34,36,37). The molecule has 0 saturated carbocycles. The molecule has 1 fully saturated rings. The molecule has 4 heterocycles. The molecule has 0 spiro atoms. The first-order valence-electron chi connectivity index (χ1n) is 13.2. The number of hydrogen-bond acceptors (Lipinski definition) is 7. The third kappa shape index (κ3) is 5.36. The molecule has 0 aliphatic carbocycles. The highest BCUT2D eigenvalue weighted by molar-refractivity contribution is 6.05. The Morgan fingerprint density at radius 2 is 1.81 bits per heavy atom. The molecule has 0 atom stereocenters. The quantitative estimate of drug-likeness (QED) is 0.286. The summed E-state index contributed by atoms with van der Waals surface area (Å²) in [6.45, 7) is 3.30. The molecule has 0 bridgehead atoms. The van der Waals surface area contributed by atoms with E-state index in [2.05, 4.69) is 20.3 Å². The van der Waals surface area contributed by atoms with Gasteiger partial charge in [0.15, 0.2) is 0 Å². The molecule has 9 nitrogen and oxygen atoms in total. The first-order chi connectivity index (χ1) is 20.2. The number of aromatic nitrogens is 4. The van der Waals surface area contributed by atoms with Crippen molar-refractivity contribution in [2.45, 2.75) is 13.1 Å². The van der Waals surface area contributed by atoms with Crippen LogP contribution in [-0.2, 0) is 10.9 Å². The fraction of sp³-hybridized carbons (Fsp3) is 0.200. The number of amides is 1. The lowest BCUT2D eigenvalue weighted by atomic mass is 10.0. The van der Waals surface area contributed by atoms with Crippen molar-refractivity contribution >= 4 is 34.0 Å². The number of hydrogen-bond donors (Lipinski definition) is 2. The Morgan fingerprint density at radius 3 is 2.57 bits per heavy atom. The van der Waals surface area contributed by atoms with Crippen molar-refractivity contribution in [3.63, 3.8) is 0 Å². The van der Waals surface area contributed by atoms with E-state index >= 15 is 0 Å². The van der Waals surface area contributed by atoms with Gasteiger partial charge in [0.25, 0.3) is 5.91 Å². The van der Waals surface area contributed by atoms with E-state index in [4.69, 9.17) is 10.5 Å². The van der Waals surface area contributed by atoms with Crippen molar-refractivity contribution < 1.29 is 22.7 Å². The lowest BCUT2D eigenvalue weighted by Gasteiger charge is -2.31. The minimum absolute atomic E-state index is 0.0378. The molecule has 3 aromatic heterocycles. The fourth-order valence-corrected chi connectivity index (χ4v) is 5.03. The summed E-state index contributed by atoms with van der Waals surface area (Å²) in [6, 6.07) is 14.4. The molecule has 214 valence electrons. The Labute approximate surface area is 238 Å².